The number of nitrogens with zero attached hydrogens (tertiary/aromatic N) is 2. The molecule has 1 heterocycles. The summed E-state index contributed by atoms with van der Waals surface area (Å²) in [6, 6.07) is 5.06. The van der Waals surface area contributed by atoms with Gasteiger partial charge < -0.3 is 5.73 Å². The van der Waals surface area contributed by atoms with Crippen LogP contribution in [0.5, 0.6) is 0 Å². The zero-order chi connectivity index (χ0) is 14.8. The lowest BCUT2D eigenvalue weighted by molar-refractivity contribution is -0.137. The van der Waals surface area contributed by atoms with Gasteiger partial charge in [0.25, 0.3) is 0 Å². The van der Waals surface area contributed by atoms with Crippen LogP contribution < -0.4 is 5.73 Å². The van der Waals surface area contributed by atoms with Crippen molar-refractivity contribution >= 4 is 17.6 Å². The number of rotatable bonds is 3. The monoisotopic (exact) mass is 298 g/mol. The van der Waals surface area contributed by atoms with E-state index in [9.17, 15) is 13.2 Å². The maximum atomic E-state index is 12.8. The van der Waals surface area contributed by atoms with Crippen LogP contribution in [0.2, 0.25) is 0 Å². The molecule has 0 spiro atoms. The largest absolute Gasteiger partial charge is 0.417 e. The normalized spacial score (nSPS) is 11.3. The fourth-order valence-corrected chi connectivity index (χ4v) is 2.25. The summed E-state index contributed by atoms with van der Waals surface area (Å²) in [5, 5.41) is 7.67. The first kappa shape index (κ1) is 14.3. The van der Waals surface area contributed by atoms with E-state index in [1.807, 2.05) is 0 Å². The summed E-state index contributed by atoms with van der Waals surface area (Å²) in [6.07, 6.45) is -1.48. The van der Waals surface area contributed by atoms with Crippen molar-refractivity contribution in [3.05, 3.63) is 47.8 Å². The van der Waals surface area contributed by atoms with Crippen molar-refractivity contribution in [2.75, 3.05) is 0 Å². The molecular formula is C12H9F3N4S. The van der Waals surface area contributed by atoms with E-state index in [0.29, 0.717) is 10.1 Å². The molecule has 0 unspecified atom stereocenters. The number of hydrogen-bond donors (Lipinski definition) is 2. The minimum atomic E-state index is -4.55. The van der Waals surface area contributed by atoms with E-state index in [1.54, 1.807) is 6.07 Å². The van der Waals surface area contributed by atoms with Crippen LogP contribution in [0.3, 0.4) is 0 Å². The average Bonchev–Trinajstić information content (AvgIpc) is 2.38. The van der Waals surface area contributed by atoms with Crippen LogP contribution in [0, 0.1) is 5.41 Å². The van der Waals surface area contributed by atoms with Gasteiger partial charge in [0.2, 0.25) is 0 Å². The van der Waals surface area contributed by atoms with Crippen molar-refractivity contribution < 1.29 is 13.2 Å². The Labute approximate surface area is 116 Å². The van der Waals surface area contributed by atoms with Crippen LogP contribution >= 0.6 is 11.8 Å². The fourth-order valence-electron chi connectivity index (χ4n) is 1.50. The summed E-state index contributed by atoms with van der Waals surface area (Å²) in [6.45, 7) is 0. The number of halogens is 3. The van der Waals surface area contributed by atoms with E-state index in [0.717, 1.165) is 17.8 Å². The van der Waals surface area contributed by atoms with E-state index < -0.39 is 17.6 Å². The second kappa shape index (κ2) is 5.49. The summed E-state index contributed by atoms with van der Waals surface area (Å²) < 4.78 is 38.4. The summed E-state index contributed by atoms with van der Waals surface area (Å²) in [4.78, 5) is 8.41. The molecule has 1 aromatic heterocycles. The van der Waals surface area contributed by atoms with Crippen LogP contribution in [0.15, 0.2) is 46.7 Å². The number of aromatic nitrogens is 2. The molecule has 4 nitrogen and oxygen atoms in total. The van der Waals surface area contributed by atoms with Gasteiger partial charge in [-0.2, -0.15) is 13.2 Å². The third-order valence-corrected chi connectivity index (χ3v) is 3.22. The smallest absolute Gasteiger partial charge is 0.384 e. The lowest BCUT2D eigenvalue weighted by atomic mass is 10.1. The topological polar surface area (TPSA) is 75.7 Å². The Morgan fingerprint density at radius 3 is 2.40 bits per heavy atom. The Balaban J connectivity index is 2.38. The lowest BCUT2D eigenvalue weighted by Crippen LogP contribution is -2.18. The van der Waals surface area contributed by atoms with Gasteiger partial charge >= 0.3 is 6.18 Å². The Morgan fingerprint density at radius 1 is 1.20 bits per heavy atom. The molecule has 0 aliphatic heterocycles. The second-order valence-corrected chi connectivity index (χ2v) is 4.79. The lowest BCUT2D eigenvalue weighted by Gasteiger charge is -2.12. The molecule has 0 saturated carbocycles. The third kappa shape index (κ3) is 3.27. The van der Waals surface area contributed by atoms with Crippen molar-refractivity contribution in [2.24, 2.45) is 5.73 Å². The molecule has 0 amide bonds. The minimum absolute atomic E-state index is 0.349. The van der Waals surface area contributed by atoms with E-state index in [1.165, 1.54) is 24.5 Å². The quantitative estimate of drug-likeness (QED) is 0.519. The number of hydrogen-bond acceptors (Lipinski definition) is 4. The number of benzene rings is 1. The molecule has 0 radical (unpaired) electrons. The number of alkyl halides is 3. The molecule has 104 valence electrons. The number of nitrogen functional groups attached to an aromatic ring is 1. The Kier molecular flexibility index (Phi) is 3.93. The molecule has 2 aromatic rings. The zero-order valence-corrected chi connectivity index (χ0v) is 10.8. The number of amidine groups is 1. The van der Waals surface area contributed by atoms with Gasteiger partial charge in [-0.3, -0.25) is 5.41 Å². The molecule has 0 aliphatic rings. The highest BCUT2D eigenvalue weighted by Crippen LogP contribution is 2.34. The molecule has 0 fully saturated rings. The van der Waals surface area contributed by atoms with Gasteiger partial charge in [-0.1, -0.05) is 0 Å². The van der Waals surface area contributed by atoms with Crippen LogP contribution in [-0.4, -0.2) is 15.8 Å². The van der Waals surface area contributed by atoms with Crippen molar-refractivity contribution in [3.8, 4) is 0 Å². The first-order valence-electron chi connectivity index (χ1n) is 5.38. The van der Waals surface area contributed by atoms with E-state index in [4.69, 9.17) is 11.1 Å². The summed E-state index contributed by atoms with van der Waals surface area (Å²) in [5.74, 6) is -0.631. The van der Waals surface area contributed by atoms with E-state index in [-0.39, 0.29) is 5.56 Å². The van der Waals surface area contributed by atoms with Gasteiger partial charge in [0.05, 0.1) is 5.56 Å². The van der Waals surface area contributed by atoms with Gasteiger partial charge in [0.1, 0.15) is 5.84 Å². The molecule has 20 heavy (non-hydrogen) atoms. The van der Waals surface area contributed by atoms with Gasteiger partial charge in [-0.05, 0) is 36.0 Å². The Bertz CT molecular complexity index is 628. The van der Waals surface area contributed by atoms with E-state index in [2.05, 4.69) is 9.97 Å². The van der Waals surface area contributed by atoms with Gasteiger partial charge in [-0.15, -0.1) is 0 Å². The predicted molar refractivity (Wildman–Crippen MR) is 68.6 cm³/mol. The molecule has 1 aromatic carbocycles. The molecule has 0 bridgehead atoms. The molecule has 2 rings (SSSR count). The first-order valence-corrected chi connectivity index (χ1v) is 6.20. The Hall–Kier alpha value is -2.09. The maximum absolute atomic E-state index is 12.8. The van der Waals surface area contributed by atoms with Crippen molar-refractivity contribution in [3.63, 3.8) is 0 Å². The second-order valence-electron chi connectivity index (χ2n) is 3.75. The molecule has 3 N–H and O–H groups in total. The highest BCUT2D eigenvalue weighted by molar-refractivity contribution is 7.99. The predicted octanol–water partition coefficient (Wildman–Crippen LogP) is 2.93. The van der Waals surface area contributed by atoms with Crippen molar-refractivity contribution in [1.82, 2.24) is 9.97 Å². The SMILES string of the molecule is N=C(N)c1cc(Sc2ncccn2)ccc1C(F)(F)F. The summed E-state index contributed by atoms with van der Waals surface area (Å²) in [7, 11) is 0. The zero-order valence-electron chi connectivity index (χ0n) is 9.98. The number of nitrogens with one attached hydrogen (secondary N) is 1. The molecule has 0 saturated heterocycles. The highest BCUT2D eigenvalue weighted by atomic mass is 32.2. The van der Waals surface area contributed by atoms with Crippen LogP contribution in [0.4, 0.5) is 13.2 Å². The standard InChI is InChI=1S/C12H9F3N4S/c13-12(14,15)9-3-2-7(6-8(9)10(16)17)20-11-18-4-1-5-19-11/h1-6H,(H3,16,17). The minimum Gasteiger partial charge on any atom is -0.384 e. The van der Waals surface area contributed by atoms with Gasteiger partial charge in [0.15, 0.2) is 5.16 Å². The average molecular weight is 298 g/mol. The van der Waals surface area contributed by atoms with Crippen molar-refractivity contribution in [2.45, 2.75) is 16.2 Å². The van der Waals surface area contributed by atoms with Crippen LogP contribution in [0.25, 0.3) is 0 Å². The summed E-state index contributed by atoms with van der Waals surface area (Å²) in [5.41, 5.74) is 3.94. The highest BCUT2D eigenvalue weighted by Gasteiger charge is 2.34. The summed E-state index contributed by atoms with van der Waals surface area (Å²) >= 11 is 1.10. The Morgan fingerprint density at radius 2 is 1.85 bits per heavy atom. The van der Waals surface area contributed by atoms with Crippen LogP contribution in [0.1, 0.15) is 11.1 Å². The first-order chi connectivity index (χ1) is 9.38. The third-order valence-electron chi connectivity index (χ3n) is 2.34. The maximum Gasteiger partial charge on any atom is 0.417 e. The number of nitrogens with two attached hydrogens (primary N) is 1. The van der Waals surface area contributed by atoms with Gasteiger partial charge in [0, 0.05) is 22.9 Å². The molecule has 0 atom stereocenters. The van der Waals surface area contributed by atoms with Gasteiger partial charge in [-0.25, -0.2) is 9.97 Å². The molecule has 8 heteroatoms. The van der Waals surface area contributed by atoms with Crippen molar-refractivity contribution in [1.29, 1.82) is 5.41 Å². The molecular weight excluding hydrogens is 289 g/mol. The fraction of sp³-hybridized carbons (Fsp3) is 0.0833. The molecule has 0 aliphatic carbocycles. The van der Waals surface area contributed by atoms with Crippen LogP contribution in [-0.2, 0) is 6.18 Å². The van der Waals surface area contributed by atoms with E-state index >= 15 is 0 Å².